The fraction of sp³-hybridized carbons (Fsp3) is 0.500. The van der Waals surface area contributed by atoms with Crippen LogP contribution in [0.4, 0.5) is 0 Å². The molecule has 5 heteroatoms. The van der Waals surface area contributed by atoms with Gasteiger partial charge in [0.25, 0.3) is 0 Å². The smallest absolute Gasteiger partial charge is 0.239 e. The number of halogens is 1. The molecule has 1 aromatic carbocycles. The summed E-state index contributed by atoms with van der Waals surface area (Å²) in [5, 5.41) is 0.616. The van der Waals surface area contributed by atoms with Crippen LogP contribution in [0.3, 0.4) is 0 Å². The number of nitrogens with two attached hydrogens (primary N) is 1. The Labute approximate surface area is 119 Å². The molecule has 1 rings (SSSR count). The average Bonchev–Trinajstić information content (AvgIpc) is 2.37. The van der Waals surface area contributed by atoms with E-state index in [2.05, 4.69) is 0 Å². The Morgan fingerprint density at radius 1 is 1.47 bits per heavy atom. The monoisotopic (exact) mass is 284 g/mol. The molecule has 1 atom stereocenters. The summed E-state index contributed by atoms with van der Waals surface area (Å²) in [6.07, 6.45) is 0. The lowest BCUT2D eigenvalue weighted by Crippen LogP contribution is -2.44. The lowest BCUT2D eigenvalue weighted by atomic mass is 10.0. The van der Waals surface area contributed by atoms with E-state index in [0.717, 1.165) is 5.56 Å². The van der Waals surface area contributed by atoms with Crippen molar-refractivity contribution in [3.63, 3.8) is 0 Å². The van der Waals surface area contributed by atoms with Gasteiger partial charge in [-0.25, -0.2) is 0 Å². The van der Waals surface area contributed by atoms with Gasteiger partial charge in [0.15, 0.2) is 0 Å². The number of hydrogen-bond acceptors (Lipinski definition) is 3. The molecule has 19 heavy (non-hydrogen) atoms. The average molecular weight is 285 g/mol. The topological polar surface area (TPSA) is 55.6 Å². The zero-order valence-electron chi connectivity index (χ0n) is 11.8. The summed E-state index contributed by atoms with van der Waals surface area (Å²) in [6.45, 7) is 4.27. The number of amides is 1. The van der Waals surface area contributed by atoms with E-state index in [9.17, 15) is 4.79 Å². The molecule has 0 unspecified atom stereocenters. The molecule has 0 aliphatic carbocycles. The first-order valence-electron chi connectivity index (χ1n) is 6.19. The van der Waals surface area contributed by atoms with E-state index in [4.69, 9.17) is 22.1 Å². The van der Waals surface area contributed by atoms with Crippen LogP contribution in [0.2, 0.25) is 5.02 Å². The van der Waals surface area contributed by atoms with Crippen molar-refractivity contribution in [1.29, 1.82) is 0 Å². The molecule has 0 aliphatic heterocycles. The Morgan fingerprint density at radius 2 is 2.11 bits per heavy atom. The van der Waals surface area contributed by atoms with Crippen LogP contribution in [0.5, 0.6) is 5.75 Å². The summed E-state index contributed by atoms with van der Waals surface area (Å²) in [7, 11) is 3.32. The summed E-state index contributed by atoms with van der Waals surface area (Å²) in [4.78, 5) is 13.7. The zero-order chi connectivity index (χ0) is 14.6. The second kappa shape index (κ2) is 6.78. The molecule has 1 aromatic rings. The van der Waals surface area contributed by atoms with Crippen LogP contribution in [-0.4, -0.2) is 31.0 Å². The van der Waals surface area contributed by atoms with E-state index in [0.29, 0.717) is 17.3 Å². The number of benzene rings is 1. The predicted octanol–water partition coefficient (Wildman–Crippen LogP) is 2.29. The highest BCUT2D eigenvalue weighted by Crippen LogP contribution is 2.24. The molecular weight excluding hydrogens is 264 g/mol. The Kier molecular flexibility index (Phi) is 5.63. The summed E-state index contributed by atoms with van der Waals surface area (Å²) in [6, 6.07) is 4.85. The van der Waals surface area contributed by atoms with E-state index in [1.54, 1.807) is 37.3 Å². The Morgan fingerprint density at radius 3 is 2.63 bits per heavy atom. The highest BCUT2D eigenvalue weighted by molar-refractivity contribution is 6.30. The standard InChI is InChI=1S/C14H21ClN2O2/c1-9(2)13(16)14(18)17(3)8-10-7-11(15)5-6-12(10)19-4/h5-7,9,13H,8,16H2,1-4H3/t13-/m0/s1. The van der Waals surface area contributed by atoms with E-state index < -0.39 is 6.04 Å². The van der Waals surface area contributed by atoms with Gasteiger partial charge in [-0.2, -0.15) is 0 Å². The van der Waals surface area contributed by atoms with Crippen molar-refractivity contribution in [3.05, 3.63) is 28.8 Å². The molecule has 4 nitrogen and oxygen atoms in total. The van der Waals surface area contributed by atoms with Crippen LogP contribution in [0, 0.1) is 5.92 Å². The van der Waals surface area contributed by atoms with Gasteiger partial charge in [-0.3, -0.25) is 4.79 Å². The molecule has 0 heterocycles. The van der Waals surface area contributed by atoms with Crippen molar-refractivity contribution in [2.75, 3.05) is 14.2 Å². The van der Waals surface area contributed by atoms with Gasteiger partial charge < -0.3 is 15.4 Å². The highest BCUT2D eigenvalue weighted by Gasteiger charge is 2.21. The second-order valence-corrected chi connectivity index (χ2v) is 5.36. The first kappa shape index (κ1) is 15.8. The number of rotatable bonds is 5. The zero-order valence-corrected chi connectivity index (χ0v) is 12.6. The molecule has 0 bridgehead atoms. The molecule has 0 aliphatic rings. The molecule has 0 spiro atoms. The summed E-state index contributed by atoms with van der Waals surface area (Å²) >= 11 is 5.97. The lowest BCUT2D eigenvalue weighted by molar-refractivity contribution is -0.132. The fourth-order valence-electron chi connectivity index (χ4n) is 1.74. The molecule has 106 valence electrons. The van der Waals surface area contributed by atoms with E-state index in [1.807, 2.05) is 13.8 Å². The first-order chi connectivity index (χ1) is 8.86. The van der Waals surface area contributed by atoms with Crippen molar-refractivity contribution >= 4 is 17.5 Å². The molecule has 2 N–H and O–H groups in total. The van der Waals surface area contributed by atoms with Crippen LogP contribution in [0.25, 0.3) is 0 Å². The quantitative estimate of drug-likeness (QED) is 0.902. The predicted molar refractivity (Wildman–Crippen MR) is 77.3 cm³/mol. The van der Waals surface area contributed by atoms with Crippen molar-refractivity contribution < 1.29 is 9.53 Å². The molecule has 0 fully saturated rings. The molecule has 0 aromatic heterocycles. The van der Waals surface area contributed by atoms with E-state index >= 15 is 0 Å². The van der Waals surface area contributed by atoms with Gasteiger partial charge >= 0.3 is 0 Å². The number of likely N-dealkylation sites (N-methyl/N-ethyl adjacent to an activating group) is 1. The minimum atomic E-state index is -0.491. The molecule has 0 radical (unpaired) electrons. The molecular formula is C14H21ClN2O2. The number of hydrogen-bond donors (Lipinski definition) is 1. The number of ether oxygens (including phenoxy) is 1. The van der Waals surface area contributed by atoms with Gasteiger partial charge in [0, 0.05) is 24.2 Å². The number of carbonyl (C=O) groups is 1. The van der Waals surface area contributed by atoms with Crippen molar-refractivity contribution in [3.8, 4) is 5.75 Å². The lowest BCUT2D eigenvalue weighted by Gasteiger charge is -2.24. The third kappa shape index (κ3) is 4.11. The third-order valence-electron chi connectivity index (χ3n) is 3.03. The van der Waals surface area contributed by atoms with E-state index in [-0.39, 0.29) is 11.8 Å². The largest absolute Gasteiger partial charge is 0.496 e. The van der Waals surface area contributed by atoms with Crippen LogP contribution in [0.15, 0.2) is 18.2 Å². The van der Waals surface area contributed by atoms with Crippen LogP contribution >= 0.6 is 11.6 Å². The number of nitrogens with zero attached hydrogens (tertiary/aromatic N) is 1. The maximum Gasteiger partial charge on any atom is 0.239 e. The van der Waals surface area contributed by atoms with Gasteiger partial charge in [0.1, 0.15) is 5.75 Å². The molecule has 0 saturated heterocycles. The summed E-state index contributed by atoms with van der Waals surface area (Å²) in [5.74, 6) is 0.732. The van der Waals surface area contributed by atoms with Gasteiger partial charge in [-0.1, -0.05) is 25.4 Å². The van der Waals surface area contributed by atoms with Crippen LogP contribution in [-0.2, 0) is 11.3 Å². The third-order valence-corrected chi connectivity index (χ3v) is 3.26. The van der Waals surface area contributed by atoms with Gasteiger partial charge in [0.05, 0.1) is 13.2 Å². The fourth-order valence-corrected chi connectivity index (χ4v) is 1.94. The van der Waals surface area contributed by atoms with Crippen molar-refractivity contribution in [1.82, 2.24) is 4.90 Å². The van der Waals surface area contributed by atoms with Crippen molar-refractivity contribution in [2.45, 2.75) is 26.4 Å². The van der Waals surface area contributed by atoms with Crippen LogP contribution < -0.4 is 10.5 Å². The Bertz CT molecular complexity index is 449. The summed E-state index contributed by atoms with van der Waals surface area (Å²) in [5.41, 5.74) is 6.73. The number of carbonyl (C=O) groups excluding carboxylic acids is 1. The van der Waals surface area contributed by atoms with Crippen LogP contribution in [0.1, 0.15) is 19.4 Å². The van der Waals surface area contributed by atoms with Gasteiger partial charge in [-0.15, -0.1) is 0 Å². The SMILES string of the molecule is COc1ccc(Cl)cc1CN(C)C(=O)[C@@H](N)C(C)C. The molecule has 0 saturated carbocycles. The van der Waals surface area contributed by atoms with E-state index in [1.165, 1.54) is 0 Å². The summed E-state index contributed by atoms with van der Waals surface area (Å²) < 4.78 is 5.26. The Balaban J connectivity index is 2.84. The minimum absolute atomic E-state index is 0.0861. The normalized spacial score (nSPS) is 12.4. The van der Waals surface area contributed by atoms with Gasteiger partial charge in [-0.05, 0) is 24.1 Å². The van der Waals surface area contributed by atoms with Gasteiger partial charge in [0.2, 0.25) is 5.91 Å². The second-order valence-electron chi connectivity index (χ2n) is 4.92. The van der Waals surface area contributed by atoms with Crippen molar-refractivity contribution in [2.24, 2.45) is 11.7 Å². The first-order valence-corrected chi connectivity index (χ1v) is 6.57. The maximum atomic E-state index is 12.1. The maximum absolute atomic E-state index is 12.1. The Hall–Kier alpha value is -1.26. The number of methoxy groups -OCH3 is 1. The molecule has 1 amide bonds. The highest BCUT2D eigenvalue weighted by atomic mass is 35.5. The minimum Gasteiger partial charge on any atom is -0.496 e.